The summed E-state index contributed by atoms with van der Waals surface area (Å²) >= 11 is 0. The third-order valence-corrected chi connectivity index (χ3v) is 8.15. The van der Waals surface area contributed by atoms with E-state index in [0.717, 1.165) is 5.56 Å². The Morgan fingerprint density at radius 3 is 2.16 bits per heavy atom. The Labute approximate surface area is 116 Å². The molecule has 2 N–H and O–H groups in total. The van der Waals surface area contributed by atoms with Gasteiger partial charge in [-0.05, 0) is 18.1 Å². The Kier molecular flexibility index (Phi) is 5.06. The molecule has 1 unspecified atom stereocenters. The van der Waals surface area contributed by atoms with Crippen LogP contribution in [0.4, 0.5) is 0 Å². The Morgan fingerprint density at radius 1 is 1.26 bits per heavy atom. The summed E-state index contributed by atoms with van der Waals surface area (Å²) in [5.41, 5.74) is 6.73. The Hall–Kier alpha value is -0.983. The molecular formula is C13H25N3O2Si. The molecule has 108 valence electrons. The van der Waals surface area contributed by atoms with Gasteiger partial charge >= 0.3 is 6.01 Å². The number of hydrogen-bond donors (Lipinski definition) is 1. The number of methoxy groups -OCH3 is 1. The number of aromatic nitrogens is 2. The largest absolute Gasteiger partial charge is 0.467 e. The number of rotatable bonds is 5. The Bertz CT molecular complexity index is 401. The highest BCUT2D eigenvalue weighted by Crippen LogP contribution is 2.39. The van der Waals surface area contributed by atoms with Crippen molar-refractivity contribution in [1.29, 1.82) is 0 Å². The Morgan fingerprint density at radius 2 is 1.79 bits per heavy atom. The van der Waals surface area contributed by atoms with Crippen molar-refractivity contribution in [2.45, 2.75) is 45.0 Å². The number of hydrogen-bond acceptors (Lipinski definition) is 5. The normalized spacial score (nSPS) is 14.3. The zero-order chi connectivity index (χ0) is 14.7. The van der Waals surface area contributed by atoms with Crippen LogP contribution in [0, 0.1) is 0 Å². The molecule has 5 nitrogen and oxygen atoms in total. The molecule has 6 heteroatoms. The van der Waals surface area contributed by atoms with Crippen LogP contribution >= 0.6 is 0 Å². The van der Waals surface area contributed by atoms with E-state index in [1.54, 1.807) is 19.5 Å². The van der Waals surface area contributed by atoms with E-state index >= 15 is 0 Å². The standard InChI is InChI=1S/C13H25N3O2Si/c1-13(2,3)19(5,6)18-11(7-14)10-8-15-12(17-4)16-9-10/h8-9,11H,7,14H2,1-6H3. The molecule has 1 atom stereocenters. The molecule has 0 aliphatic rings. The monoisotopic (exact) mass is 283 g/mol. The second-order valence-corrected chi connectivity index (χ2v) is 10.9. The zero-order valence-electron chi connectivity index (χ0n) is 12.7. The summed E-state index contributed by atoms with van der Waals surface area (Å²) in [6, 6.07) is 0.354. The molecule has 0 aromatic carbocycles. The highest BCUT2D eigenvalue weighted by Gasteiger charge is 2.39. The first-order chi connectivity index (χ1) is 8.71. The van der Waals surface area contributed by atoms with E-state index < -0.39 is 8.32 Å². The van der Waals surface area contributed by atoms with Gasteiger partial charge in [-0.15, -0.1) is 0 Å². The van der Waals surface area contributed by atoms with E-state index in [1.165, 1.54) is 0 Å². The molecule has 0 saturated carbocycles. The van der Waals surface area contributed by atoms with Crippen LogP contribution in [0.3, 0.4) is 0 Å². The maximum absolute atomic E-state index is 6.30. The van der Waals surface area contributed by atoms with Crippen LogP contribution in [0.25, 0.3) is 0 Å². The van der Waals surface area contributed by atoms with Gasteiger partial charge in [0.2, 0.25) is 0 Å². The summed E-state index contributed by atoms with van der Waals surface area (Å²) in [6.45, 7) is 11.5. The fourth-order valence-electron chi connectivity index (χ4n) is 1.38. The molecule has 0 amide bonds. The first-order valence-electron chi connectivity index (χ1n) is 6.45. The molecule has 1 heterocycles. The molecule has 0 bridgehead atoms. The lowest BCUT2D eigenvalue weighted by atomic mass is 10.2. The smallest absolute Gasteiger partial charge is 0.316 e. The Balaban J connectivity index is 2.89. The van der Waals surface area contributed by atoms with Gasteiger partial charge < -0.3 is 14.9 Å². The van der Waals surface area contributed by atoms with Crippen molar-refractivity contribution in [3.8, 4) is 6.01 Å². The summed E-state index contributed by atoms with van der Waals surface area (Å²) in [4.78, 5) is 8.21. The van der Waals surface area contributed by atoms with E-state index in [9.17, 15) is 0 Å². The second kappa shape index (κ2) is 5.98. The topological polar surface area (TPSA) is 70.3 Å². The first-order valence-corrected chi connectivity index (χ1v) is 9.36. The summed E-state index contributed by atoms with van der Waals surface area (Å²) in [7, 11) is -0.317. The van der Waals surface area contributed by atoms with Gasteiger partial charge in [-0.3, -0.25) is 0 Å². The lowest BCUT2D eigenvalue weighted by Crippen LogP contribution is -2.43. The molecule has 19 heavy (non-hydrogen) atoms. The van der Waals surface area contributed by atoms with Crippen molar-refractivity contribution in [2.75, 3.05) is 13.7 Å². The van der Waals surface area contributed by atoms with Gasteiger partial charge in [0.1, 0.15) is 0 Å². The fourth-order valence-corrected chi connectivity index (χ4v) is 2.68. The number of ether oxygens (including phenoxy) is 1. The van der Waals surface area contributed by atoms with E-state index in [0.29, 0.717) is 12.6 Å². The van der Waals surface area contributed by atoms with Gasteiger partial charge in [0.15, 0.2) is 8.32 Å². The maximum Gasteiger partial charge on any atom is 0.316 e. The van der Waals surface area contributed by atoms with E-state index in [1.807, 2.05) is 0 Å². The van der Waals surface area contributed by atoms with Gasteiger partial charge in [0.25, 0.3) is 0 Å². The van der Waals surface area contributed by atoms with Crippen LogP contribution in [-0.2, 0) is 4.43 Å². The fraction of sp³-hybridized carbons (Fsp3) is 0.692. The van der Waals surface area contributed by atoms with Crippen molar-refractivity contribution in [1.82, 2.24) is 9.97 Å². The van der Waals surface area contributed by atoms with Gasteiger partial charge in [-0.1, -0.05) is 20.8 Å². The van der Waals surface area contributed by atoms with E-state index in [2.05, 4.69) is 43.8 Å². The van der Waals surface area contributed by atoms with E-state index in [-0.39, 0.29) is 11.1 Å². The predicted molar refractivity (Wildman–Crippen MR) is 78.7 cm³/mol. The first kappa shape index (κ1) is 16.1. The second-order valence-electron chi connectivity index (χ2n) is 6.11. The number of nitrogens with two attached hydrogens (primary N) is 1. The van der Waals surface area contributed by atoms with Crippen LogP contribution in [0.2, 0.25) is 18.1 Å². The maximum atomic E-state index is 6.30. The molecule has 1 aromatic heterocycles. The third kappa shape index (κ3) is 3.99. The van der Waals surface area contributed by atoms with Crippen LogP contribution in [0.15, 0.2) is 12.4 Å². The highest BCUT2D eigenvalue weighted by molar-refractivity contribution is 6.74. The minimum atomic E-state index is -1.86. The lowest BCUT2D eigenvalue weighted by Gasteiger charge is -2.39. The minimum Gasteiger partial charge on any atom is -0.467 e. The summed E-state index contributed by atoms with van der Waals surface area (Å²) in [5.74, 6) is 0. The van der Waals surface area contributed by atoms with Crippen molar-refractivity contribution >= 4 is 8.32 Å². The van der Waals surface area contributed by atoms with Gasteiger partial charge in [-0.25, -0.2) is 9.97 Å². The SMILES string of the molecule is COc1ncc(C(CN)O[Si](C)(C)C(C)(C)C)cn1. The average Bonchev–Trinajstić information content (AvgIpc) is 2.35. The molecule has 1 aromatic rings. The van der Waals surface area contributed by atoms with Gasteiger partial charge in [0.05, 0.1) is 13.2 Å². The molecule has 0 radical (unpaired) electrons. The van der Waals surface area contributed by atoms with Crippen molar-refractivity contribution in [3.63, 3.8) is 0 Å². The summed E-state index contributed by atoms with van der Waals surface area (Å²) in [6.07, 6.45) is 3.28. The van der Waals surface area contributed by atoms with Gasteiger partial charge in [0, 0.05) is 24.5 Å². The zero-order valence-corrected chi connectivity index (χ0v) is 13.7. The minimum absolute atomic E-state index is 0.147. The van der Waals surface area contributed by atoms with Crippen LogP contribution in [0.1, 0.15) is 32.4 Å². The summed E-state index contributed by atoms with van der Waals surface area (Å²) in [5, 5.41) is 0.147. The van der Waals surface area contributed by atoms with Crippen molar-refractivity contribution < 1.29 is 9.16 Å². The van der Waals surface area contributed by atoms with Crippen LogP contribution in [-0.4, -0.2) is 31.9 Å². The highest BCUT2D eigenvalue weighted by atomic mass is 28.4. The molecule has 0 aliphatic carbocycles. The van der Waals surface area contributed by atoms with E-state index in [4.69, 9.17) is 14.9 Å². The molecular weight excluding hydrogens is 258 g/mol. The molecule has 0 aliphatic heterocycles. The average molecular weight is 283 g/mol. The summed E-state index contributed by atoms with van der Waals surface area (Å²) < 4.78 is 11.3. The number of nitrogens with zero attached hydrogens (tertiary/aromatic N) is 2. The van der Waals surface area contributed by atoms with Crippen LogP contribution < -0.4 is 10.5 Å². The molecule has 0 fully saturated rings. The van der Waals surface area contributed by atoms with Gasteiger partial charge in [-0.2, -0.15) is 0 Å². The molecule has 0 saturated heterocycles. The molecule has 0 spiro atoms. The predicted octanol–water partition coefficient (Wildman–Crippen LogP) is 2.51. The van der Waals surface area contributed by atoms with Crippen LogP contribution in [0.5, 0.6) is 6.01 Å². The van der Waals surface area contributed by atoms with Crippen molar-refractivity contribution in [3.05, 3.63) is 18.0 Å². The lowest BCUT2D eigenvalue weighted by molar-refractivity contribution is 0.190. The molecule has 1 rings (SSSR count). The quantitative estimate of drug-likeness (QED) is 0.841. The third-order valence-electron chi connectivity index (χ3n) is 3.66. The van der Waals surface area contributed by atoms with Crippen molar-refractivity contribution in [2.24, 2.45) is 5.73 Å².